The van der Waals surface area contributed by atoms with E-state index in [1.54, 1.807) is 0 Å². The van der Waals surface area contributed by atoms with Gasteiger partial charge in [-0.05, 0) is 96.0 Å². The van der Waals surface area contributed by atoms with Crippen LogP contribution in [0.1, 0.15) is 329 Å². The molecule has 0 aromatic heterocycles. The van der Waals surface area contributed by atoms with Gasteiger partial charge in [-0.3, -0.25) is 14.2 Å². The highest BCUT2D eigenvalue weighted by Gasteiger charge is 2.27. The molecular weight excluding hydrogens is 1020 g/mol. The molecule has 0 heterocycles. The number of phosphoric ester groups is 1. The fourth-order valence-corrected chi connectivity index (χ4v) is 10.8. The molecule has 3 unspecified atom stereocenters. The zero-order valence-corrected chi connectivity index (χ0v) is 55.1. The van der Waals surface area contributed by atoms with Crippen LogP contribution in [0.5, 0.6) is 0 Å². The number of phosphoric acid groups is 1. The Bertz CT molecular complexity index is 1570. The number of rotatable bonds is 63. The molecule has 0 aliphatic carbocycles. The largest absolute Gasteiger partial charge is 0.756 e. The lowest BCUT2D eigenvalue weighted by molar-refractivity contribution is -0.870. The van der Waals surface area contributed by atoms with Crippen LogP contribution in [0.15, 0.2) is 60.8 Å². The van der Waals surface area contributed by atoms with Crippen molar-refractivity contribution in [1.29, 1.82) is 0 Å². The zero-order chi connectivity index (χ0) is 59.3. The SMILES string of the molecule is CCCCC/C=C\C/C=C\C/C=C\CCCCCCCCCCC(=O)NC(COP(=O)([O-])OCC[N+](C)(C)C)C(/C=C/CCCCCCCCCCC)OC(=O)CCCCCCCCCCCCCCC/C=C/CCCCCCCC. The van der Waals surface area contributed by atoms with Crippen molar-refractivity contribution in [3.8, 4) is 0 Å². The number of hydrogen-bond acceptors (Lipinski definition) is 7. The average Bonchev–Trinajstić information content (AvgIpc) is 3.44. The summed E-state index contributed by atoms with van der Waals surface area (Å²) in [6, 6.07) is -0.893. The number of carbonyl (C=O) groups excluding carboxylic acids is 2. The minimum atomic E-state index is -4.70. The van der Waals surface area contributed by atoms with Gasteiger partial charge in [-0.25, -0.2) is 0 Å². The molecule has 1 N–H and O–H groups in total. The van der Waals surface area contributed by atoms with E-state index in [9.17, 15) is 19.0 Å². The predicted octanol–water partition coefficient (Wildman–Crippen LogP) is 21.2. The molecule has 0 bridgehead atoms. The van der Waals surface area contributed by atoms with Gasteiger partial charge in [-0.2, -0.15) is 0 Å². The van der Waals surface area contributed by atoms with E-state index in [4.69, 9.17) is 13.8 Å². The lowest BCUT2D eigenvalue weighted by Crippen LogP contribution is -2.47. The van der Waals surface area contributed by atoms with Crippen LogP contribution in [0.4, 0.5) is 0 Å². The smallest absolute Gasteiger partial charge is 0.306 e. The molecule has 81 heavy (non-hydrogen) atoms. The molecule has 0 aliphatic heterocycles. The summed E-state index contributed by atoms with van der Waals surface area (Å²) in [5, 5.41) is 3.04. The van der Waals surface area contributed by atoms with Crippen molar-refractivity contribution in [1.82, 2.24) is 5.32 Å². The summed E-state index contributed by atoms with van der Waals surface area (Å²) in [5.41, 5.74) is 0. The molecule has 9 nitrogen and oxygen atoms in total. The minimum absolute atomic E-state index is 0.0242. The van der Waals surface area contributed by atoms with Gasteiger partial charge in [0.25, 0.3) is 7.82 Å². The third kappa shape index (κ3) is 62.1. The van der Waals surface area contributed by atoms with Gasteiger partial charge in [0.15, 0.2) is 0 Å². The lowest BCUT2D eigenvalue weighted by Gasteiger charge is -2.30. The molecule has 0 aromatic rings. The number of ether oxygens (including phenoxy) is 1. The van der Waals surface area contributed by atoms with E-state index >= 15 is 0 Å². The van der Waals surface area contributed by atoms with Gasteiger partial charge in [0.1, 0.15) is 19.3 Å². The van der Waals surface area contributed by atoms with Crippen molar-refractivity contribution < 1.29 is 37.3 Å². The van der Waals surface area contributed by atoms with Crippen LogP contribution in [0.25, 0.3) is 0 Å². The topological polar surface area (TPSA) is 114 Å². The maximum Gasteiger partial charge on any atom is 0.306 e. The number of esters is 1. The first kappa shape index (κ1) is 78.7. The highest BCUT2D eigenvalue weighted by molar-refractivity contribution is 7.45. The van der Waals surface area contributed by atoms with Gasteiger partial charge in [0.05, 0.1) is 33.8 Å². The Kier molecular flexibility index (Phi) is 59.1. The van der Waals surface area contributed by atoms with Crippen molar-refractivity contribution in [2.24, 2.45) is 0 Å². The first-order valence-corrected chi connectivity index (χ1v) is 36.1. The number of likely N-dealkylation sites (N-methyl/N-ethyl adjacent to an activating group) is 1. The van der Waals surface area contributed by atoms with Gasteiger partial charge in [0, 0.05) is 12.8 Å². The third-order valence-electron chi connectivity index (χ3n) is 15.4. The number of nitrogens with zero attached hydrogens (tertiary/aromatic N) is 1. The van der Waals surface area contributed by atoms with Crippen LogP contribution in [-0.4, -0.2) is 69.4 Å². The summed E-state index contributed by atoms with van der Waals surface area (Å²) in [6.07, 6.45) is 77.7. The highest BCUT2D eigenvalue weighted by Crippen LogP contribution is 2.38. The van der Waals surface area contributed by atoms with E-state index in [1.165, 1.54) is 212 Å². The molecule has 0 aromatic carbocycles. The number of amides is 1. The molecule has 0 aliphatic rings. The van der Waals surface area contributed by atoms with Crippen LogP contribution in [0.3, 0.4) is 0 Å². The molecule has 10 heteroatoms. The number of hydrogen-bond donors (Lipinski definition) is 1. The first-order valence-electron chi connectivity index (χ1n) is 34.6. The molecule has 1 amide bonds. The number of quaternary nitrogens is 1. The van der Waals surface area contributed by atoms with E-state index in [-0.39, 0.29) is 24.9 Å². The first-order chi connectivity index (χ1) is 39.4. The van der Waals surface area contributed by atoms with Gasteiger partial charge >= 0.3 is 5.97 Å². The molecule has 3 atom stereocenters. The van der Waals surface area contributed by atoms with E-state index in [1.807, 2.05) is 33.3 Å². The van der Waals surface area contributed by atoms with Crippen LogP contribution >= 0.6 is 7.82 Å². The number of nitrogens with one attached hydrogen (secondary N) is 1. The Labute approximate surface area is 502 Å². The second-order valence-corrected chi connectivity index (χ2v) is 26.1. The van der Waals surface area contributed by atoms with Crippen LogP contribution in [-0.2, 0) is 27.9 Å². The fraction of sp³-hybridized carbons (Fsp3) is 0.831. The molecule has 474 valence electrons. The van der Waals surface area contributed by atoms with Crippen molar-refractivity contribution >= 4 is 19.7 Å². The summed E-state index contributed by atoms with van der Waals surface area (Å²) in [5.74, 6) is -0.540. The maximum absolute atomic E-state index is 13.6. The molecule has 0 fully saturated rings. The van der Waals surface area contributed by atoms with Crippen LogP contribution < -0.4 is 10.2 Å². The van der Waals surface area contributed by atoms with Crippen molar-refractivity contribution in [2.45, 2.75) is 341 Å². The molecule has 0 rings (SSSR count). The van der Waals surface area contributed by atoms with Gasteiger partial charge in [-0.15, -0.1) is 0 Å². The number of carbonyl (C=O) groups is 2. The summed E-state index contributed by atoms with van der Waals surface area (Å²) in [4.78, 5) is 40.1. The van der Waals surface area contributed by atoms with Crippen molar-refractivity contribution in [3.63, 3.8) is 0 Å². The molecule has 0 saturated heterocycles. The Morgan fingerprint density at radius 2 is 0.753 bits per heavy atom. The monoisotopic (exact) mass is 1160 g/mol. The summed E-state index contributed by atoms with van der Waals surface area (Å²) >= 11 is 0. The summed E-state index contributed by atoms with van der Waals surface area (Å²) in [7, 11) is 1.18. The molecular formula is C71H133N2O7P. The molecule has 0 radical (unpaired) electrons. The average molecular weight is 1160 g/mol. The summed E-state index contributed by atoms with van der Waals surface area (Å²) in [6.45, 7) is 6.84. The fourth-order valence-electron chi connectivity index (χ4n) is 10.1. The Hall–Kier alpha value is -2.29. The Morgan fingerprint density at radius 1 is 0.432 bits per heavy atom. The van der Waals surface area contributed by atoms with Crippen LogP contribution in [0, 0.1) is 0 Å². The maximum atomic E-state index is 13.6. The second kappa shape index (κ2) is 60.8. The van der Waals surface area contributed by atoms with Crippen LogP contribution in [0.2, 0.25) is 0 Å². The van der Waals surface area contributed by atoms with Gasteiger partial charge in [-0.1, -0.05) is 281 Å². The lowest BCUT2D eigenvalue weighted by atomic mass is 10.0. The highest BCUT2D eigenvalue weighted by atomic mass is 31.2. The standard InChI is InChI=1S/C71H133N2O7P/c1-7-10-13-16-19-22-25-27-29-31-33-35-36-38-40-42-44-46-49-52-55-58-61-64-71(75)80-69(62-59-56-53-50-47-24-21-18-15-12-9-3)68(67-79-81(76,77)78-66-65-73(4,5)6)72-70(74)63-60-57-54-51-48-45-43-41-39-37-34-32-30-28-26-23-20-17-14-11-8-2/h20,23,27-30,34,37,59,62,68-69H,7-19,21-22,24-26,31-33,35-36,38-58,60-61,63-67H2,1-6H3,(H-,72,74,76,77)/b23-20-,29-27+,30-28-,37-34-,62-59+. The quantitative estimate of drug-likeness (QED) is 0.0212. The van der Waals surface area contributed by atoms with E-state index in [0.717, 1.165) is 83.5 Å². The van der Waals surface area contributed by atoms with E-state index < -0.39 is 26.6 Å². The number of unbranched alkanes of at least 4 members (excludes halogenated alkanes) is 39. The molecule has 0 spiro atoms. The number of allylic oxidation sites excluding steroid dienone is 9. The normalized spacial score (nSPS) is 13.9. The molecule has 0 saturated carbocycles. The second-order valence-electron chi connectivity index (χ2n) is 24.7. The van der Waals surface area contributed by atoms with Gasteiger partial charge < -0.3 is 28.5 Å². The Balaban J connectivity index is 5.07. The van der Waals surface area contributed by atoms with E-state index in [0.29, 0.717) is 17.4 Å². The predicted molar refractivity (Wildman–Crippen MR) is 349 cm³/mol. The third-order valence-corrected chi connectivity index (χ3v) is 16.4. The minimum Gasteiger partial charge on any atom is -0.756 e. The Morgan fingerprint density at radius 3 is 1.16 bits per heavy atom. The summed E-state index contributed by atoms with van der Waals surface area (Å²) < 4.78 is 30.4. The van der Waals surface area contributed by atoms with Gasteiger partial charge in [0.2, 0.25) is 5.91 Å². The van der Waals surface area contributed by atoms with Crippen molar-refractivity contribution in [2.75, 3.05) is 40.9 Å². The van der Waals surface area contributed by atoms with E-state index in [2.05, 4.69) is 74.7 Å². The van der Waals surface area contributed by atoms with Crippen molar-refractivity contribution in [3.05, 3.63) is 60.8 Å². The zero-order valence-electron chi connectivity index (χ0n) is 54.2.